The molecule has 1 aliphatic heterocycles. The summed E-state index contributed by atoms with van der Waals surface area (Å²) in [5, 5.41) is 0. The molecule has 1 unspecified atom stereocenters. The number of nitrogens with zero attached hydrogens (tertiary/aromatic N) is 1. The summed E-state index contributed by atoms with van der Waals surface area (Å²) in [7, 11) is -2.51. The van der Waals surface area contributed by atoms with Crippen molar-refractivity contribution >= 4 is 37.6 Å². The van der Waals surface area contributed by atoms with Crippen LogP contribution >= 0.6 is 15.9 Å². The van der Waals surface area contributed by atoms with E-state index in [1.54, 1.807) is 6.07 Å². The first-order valence-corrected chi connectivity index (χ1v) is 8.76. The van der Waals surface area contributed by atoms with Gasteiger partial charge in [0.15, 0.2) is 0 Å². The Morgan fingerprint density at radius 3 is 2.76 bits per heavy atom. The number of nitrogens with two attached hydrogens (primary N) is 1. The second kappa shape index (κ2) is 6.33. The molecule has 6 nitrogen and oxygen atoms in total. The Kier molecular flexibility index (Phi) is 4.90. The maximum absolute atomic E-state index is 12.7. The molecule has 0 spiro atoms. The molecule has 1 heterocycles. The van der Waals surface area contributed by atoms with Gasteiger partial charge in [-0.05, 0) is 53.4 Å². The van der Waals surface area contributed by atoms with E-state index in [0.29, 0.717) is 23.1 Å². The summed E-state index contributed by atoms with van der Waals surface area (Å²) < 4.78 is 32.0. The van der Waals surface area contributed by atoms with Crippen molar-refractivity contribution in [3.05, 3.63) is 22.7 Å². The first-order chi connectivity index (χ1) is 9.87. The van der Waals surface area contributed by atoms with Crippen molar-refractivity contribution in [3.63, 3.8) is 0 Å². The SMILES string of the molecule is COC(=O)C1CCCCN1S(=O)(=O)c1ccc(Br)c(N)c1. The molecule has 1 saturated heterocycles. The molecule has 8 heteroatoms. The van der Waals surface area contributed by atoms with Gasteiger partial charge in [-0.25, -0.2) is 8.42 Å². The molecular formula is C13H17BrN2O4S. The monoisotopic (exact) mass is 376 g/mol. The Labute approximate surface area is 132 Å². The van der Waals surface area contributed by atoms with E-state index in [0.717, 1.165) is 12.8 Å². The van der Waals surface area contributed by atoms with Crippen LogP contribution in [0.3, 0.4) is 0 Å². The minimum atomic E-state index is -3.77. The lowest BCUT2D eigenvalue weighted by molar-refractivity contribution is -0.146. The minimum absolute atomic E-state index is 0.0824. The van der Waals surface area contributed by atoms with Gasteiger partial charge in [-0.15, -0.1) is 0 Å². The third-order valence-corrected chi connectivity index (χ3v) is 6.13. The molecule has 21 heavy (non-hydrogen) atoms. The number of sulfonamides is 1. The Bertz CT molecular complexity index is 648. The molecule has 0 aromatic heterocycles. The van der Waals surface area contributed by atoms with E-state index in [9.17, 15) is 13.2 Å². The normalized spacial score (nSPS) is 20.2. The van der Waals surface area contributed by atoms with Gasteiger partial charge < -0.3 is 10.5 Å². The van der Waals surface area contributed by atoms with Gasteiger partial charge in [0, 0.05) is 16.7 Å². The second-order valence-corrected chi connectivity index (χ2v) is 7.58. The zero-order valence-electron chi connectivity index (χ0n) is 11.6. The average molecular weight is 377 g/mol. The first kappa shape index (κ1) is 16.3. The molecule has 2 rings (SSSR count). The lowest BCUT2D eigenvalue weighted by atomic mass is 10.1. The number of rotatable bonds is 3. The number of anilines is 1. The minimum Gasteiger partial charge on any atom is -0.468 e. The van der Waals surface area contributed by atoms with Crippen LogP contribution < -0.4 is 5.73 Å². The van der Waals surface area contributed by atoms with Crippen LogP contribution in [0.5, 0.6) is 0 Å². The lowest BCUT2D eigenvalue weighted by Gasteiger charge is -2.32. The largest absolute Gasteiger partial charge is 0.468 e. The Balaban J connectivity index is 2.40. The molecule has 116 valence electrons. The summed E-state index contributed by atoms with van der Waals surface area (Å²) in [5.74, 6) is -0.525. The van der Waals surface area contributed by atoms with Crippen molar-refractivity contribution in [2.75, 3.05) is 19.4 Å². The van der Waals surface area contributed by atoms with Gasteiger partial charge in [-0.2, -0.15) is 4.31 Å². The van der Waals surface area contributed by atoms with Crippen LogP contribution in [-0.2, 0) is 19.6 Å². The fraction of sp³-hybridized carbons (Fsp3) is 0.462. The van der Waals surface area contributed by atoms with E-state index in [-0.39, 0.29) is 4.90 Å². The lowest BCUT2D eigenvalue weighted by Crippen LogP contribution is -2.48. The summed E-state index contributed by atoms with van der Waals surface area (Å²) in [5.41, 5.74) is 6.08. The van der Waals surface area contributed by atoms with Crippen LogP contribution in [0.4, 0.5) is 5.69 Å². The maximum Gasteiger partial charge on any atom is 0.324 e. The standard InChI is InChI=1S/C13H17BrN2O4S/c1-20-13(17)12-4-2-3-7-16(12)21(18,19)9-5-6-10(14)11(15)8-9/h5-6,8,12H,2-4,7,15H2,1H3. The molecule has 1 aromatic carbocycles. The van der Waals surface area contributed by atoms with Crippen LogP contribution in [0, 0.1) is 0 Å². The quantitative estimate of drug-likeness (QED) is 0.640. The van der Waals surface area contributed by atoms with Crippen LogP contribution in [0.2, 0.25) is 0 Å². The number of piperidine rings is 1. The molecule has 0 bridgehead atoms. The summed E-state index contributed by atoms with van der Waals surface area (Å²) in [4.78, 5) is 11.9. The third-order valence-electron chi connectivity index (χ3n) is 3.50. The Hall–Kier alpha value is -1.12. The highest BCUT2D eigenvalue weighted by Gasteiger charge is 2.38. The molecule has 2 N–H and O–H groups in total. The van der Waals surface area contributed by atoms with Crippen LogP contribution in [0.1, 0.15) is 19.3 Å². The molecule has 1 aliphatic rings. The highest BCUT2D eigenvalue weighted by molar-refractivity contribution is 9.10. The van der Waals surface area contributed by atoms with E-state index in [2.05, 4.69) is 15.9 Å². The summed E-state index contributed by atoms with van der Waals surface area (Å²) in [6.07, 6.45) is 1.99. The number of carbonyl (C=O) groups is 1. The number of methoxy groups -OCH3 is 1. The zero-order valence-corrected chi connectivity index (χ0v) is 14.0. The molecule has 0 aliphatic carbocycles. The van der Waals surface area contributed by atoms with Crippen molar-refractivity contribution < 1.29 is 17.9 Å². The number of benzene rings is 1. The molecule has 1 aromatic rings. The molecular weight excluding hydrogens is 360 g/mol. The van der Waals surface area contributed by atoms with Gasteiger partial charge >= 0.3 is 5.97 Å². The summed E-state index contributed by atoms with van der Waals surface area (Å²) in [6.45, 7) is 0.304. The van der Waals surface area contributed by atoms with Crippen molar-refractivity contribution in [2.24, 2.45) is 0 Å². The van der Waals surface area contributed by atoms with Gasteiger partial charge in [0.2, 0.25) is 10.0 Å². The molecule has 1 atom stereocenters. The third kappa shape index (κ3) is 3.22. The van der Waals surface area contributed by atoms with Crippen LogP contribution in [-0.4, -0.2) is 38.4 Å². The maximum atomic E-state index is 12.7. The van der Waals surface area contributed by atoms with E-state index >= 15 is 0 Å². The second-order valence-electron chi connectivity index (χ2n) is 4.83. The van der Waals surface area contributed by atoms with Gasteiger partial charge in [-0.3, -0.25) is 4.79 Å². The Morgan fingerprint density at radius 2 is 2.14 bits per heavy atom. The summed E-state index contributed by atoms with van der Waals surface area (Å²) >= 11 is 3.23. The molecule has 0 saturated carbocycles. The van der Waals surface area contributed by atoms with E-state index in [1.807, 2.05) is 0 Å². The topological polar surface area (TPSA) is 89.7 Å². The first-order valence-electron chi connectivity index (χ1n) is 6.52. The predicted molar refractivity (Wildman–Crippen MR) is 82.1 cm³/mol. The molecule has 0 amide bonds. The van der Waals surface area contributed by atoms with Crippen molar-refractivity contribution in [1.82, 2.24) is 4.31 Å². The number of carbonyl (C=O) groups excluding carboxylic acids is 1. The number of hydrogen-bond acceptors (Lipinski definition) is 5. The average Bonchev–Trinajstić information content (AvgIpc) is 2.49. The zero-order chi connectivity index (χ0) is 15.6. The number of nitrogen functional groups attached to an aromatic ring is 1. The fourth-order valence-corrected chi connectivity index (χ4v) is 4.31. The number of ether oxygens (including phenoxy) is 1. The predicted octanol–water partition coefficient (Wildman–Crippen LogP) is 1.75. The van der Waals surface area contributed by atoms with Gasteiger partial charge in [0.1, 0.15) is 6.04 Å². The van der Waals surface area contributed by atoms with Crippen molar-refractivity contribution in [1.29, 1.82) is 0 Å². The number of hydrogen-bond donors (Lipinski definition) is 1. The summed E-state index contributed by atoms with van der Waals surface area (Å²) in [6, 6.07) is 3.68. The molecule has 1 fully saturated rings. The van der Waals surface area contributed by atoms with E-state index in [1.165, 1.54) is 23.5 Å². The van der Waals surface area contributed by atoms with E-state index < -0.39 is 22.0 Å². The highest BCUT2D eigenvalue weighted by atomic mass is 79.9. The number of halogens is 1. The molecule has 0 radical (unpaired) electrons. The van der Waals surface area contributed by atoms with Crippen LogP contribution in [0.25, 0.3) is 0 Å². The van der Waals surface area contributed by atoms with Crippen LogP contribution in [0.15, 0.2) is 27.6 Å². The van der Waals surface area contributed by atoms with E-state index in [4.69, 9.17) is 10.5 Å². The fourth-order valence-electron chi connectivity index (χ4n) is 2.38. The smallest absolute Gasteiger partial charge is 0.324 e. The Morgan fingerprint density at radius 1 is 1.43 bits per heavy atom. The van der Waals surface area contributed by atoms with Crippen molar-refractivity contribution in [2.45, 2.75) is 30.2 Å². The highest BCUT2D eigenvalue weighted by Crippen LogP contribution is 2.29. The van der Waals surface area contributed by atoms with Gasteiger partial charge in [0.05, 0.1) is 12.0 Å². The van der Waals surface area contributed by atoms with Gasteiger partial charge in [-0.1, -0.05) is 0 Å². The number of esters is 1. The van der Waals surface area contributed by atoms with Crippen molar-refractivity contribution in [3.8, 4) is 0 Å². The van der Waals surface area contributed by atoms with Gasteiger partial charge in [0.25, 0.3) is 0 Å².